The highest BCUT2D eigenvalue weighted by molar-refractivity contribution is 6.01. The zero-order chi connectivity index (χ0) is 20.5. The van der Waals surface area contributed by atoms with Gasteiger partial charge >= 0.3 is 0 Å². The number of halogens is 1. The number of carbonyl (C=O) groups is 1. The molecule has 6 heteroatoms. The molecule has 29 heavy (non-hydrogen) atoms. The van der Waals surface area contributed by atoms with E-state index in [0.717, 1.165) is 36.3 Å². The molecule has 3 heterocycles. The smallest absolute Gasteiger partial charge is 0.254 e. The lowest BCUT2D eigenvalue weighted by Gasteiger charge is -2.26. The second-order valence-corrected chi connectivity index (χ2v) is 7.93. The van der Waals surface area contributed by atoms with Crippen molar-refractivity contribution in [2.75, 3.05) is 19.6 Å². The third-order valence-corrected chi connectivity index (χ3v) is 5.79. The van der Waals surface area contributed by atoms with Gasteiger partial charge in [-0.15, -0.1) is 0 Å². The molecule has 5 nitrogen and oxygen atoms in total. The Bertz CT molecular complexity index is 1040. The average Bonchev–Trinajstić information content (AvgIpc) is 3.39. The van der Waals surface area contributed by atoms with Crippen molar-refractivity contribution in [3.63, 3.8) is 0 Å². The lowest BCUT2D eigenvalue weighted by Crippen LogP contribution is -2.37. The van der Waals surface area contributed by atoms with Gasteiger partial charge in [-0.05, 0) is 75.5 Å². The molecule has 0 spiro atoms. The van der Waals surface area contributed by atoms with Gasteiger partial charge in [-0.1, -0.05) is 0 Å². The standard InChI is InChI=1S/C23H27FN4O/c1-4-27(15(2)3)23(29)21-11-18(24)5-6-20(21)22-10-17(16-7-8-25-12-16)9-19-13-26-14-28(19)22/h5-6,9-11,13-16,25H,4,7-8,12H2,1-3H3. The number of imidazole rings is 1. The predicted molar refractivity (Wildman–Crippen MR) is 113 cm³/mol. The number of hydrogen-bond donors (Lipinski definition) is 1. The summed E-state index contributed by atoms with van der Waals surface area (Å²) in [5, 5.41) is 3.41. The second-order valence-electron chi connectivity index (χ2n) is 7.93. The third kappa shape index (κ3) is 3.65. The van der Waals surface area contributed by atoms with Crippen molar-refractivity contribution in [3.8, 4) is 11.3 Å². The summed E-state index contributed by atoms with van der Waals surface area (Å²) in [6, 6.07) is 8.81. The molecular formula is C23H27FN4O. The van der Waals surface area contributed by atoms with E-state index in [0.29, 0.717) is 18.0 Å². The molecule has 1 aromatic carbocycles. The van der Waals surface area contributed by atoms with Gasteiger partial charge in [0.1, 0.15) is 5.82 Å². The van der Waals surface area contributed by atoms with Crippen LogP contribution in [0, 0.1) is 5.82 Å². The maximum Gasteiger partial charge on any atom is 0.254 e. The van der Waals surface area contributed by atoms with E-state index in [-0.39, 0.29) is 11.9 Å². The minimum absolute atomic E-state index is 0.0350. The van der Waals surface area contributed by atoms with Crippen LogP contribution in [0.4, 0.5) is 4.39 Å². The number of fused-ring (bicyclic) bond motifs is 1. The molecule has 152 valence electrons. The minimum Gasteiger partial charge on any atom is -0.336 e. The van der Waals surface area contributed by atoms with Crippen molar-refractivity contribution in [2.24, 2.45) is 0 Å². The topological polar surface area (TPSA) is 49.6 Å². The molecule has 0 saturated carbocycles. The lowest BCUT2D eigenvalue weighted by molar-refractivity contribution is 0.0717. The van der Waals surface area contributed by atoms with Crippen LogP contribution in [-0.4, -0.2) is 45.9 Å². The second kappa shape index (κ2) is 7.95. The molecule has 1 aliphatic heterocycles. The number of pyridine rings is 1. The fourth-order valence-corrected chi connectivity index (χ4v) is 4.25. The fraction of sp³-hybridized carbons (Fsp3) is 0.391. The first-order valence-electron chi connectivity index (χ1n) is 10.3. The minimum atomic E-state index is -0.407. The van der Waals surface area contributed by atoms with Crippen molar-refractivity contribution in [3.05, 3.63) is 59.8 Å². The monoisotopic (exact) mass is 394 g/mol. The maximum absolute atomic E-state index is 14.2. The highest BCUT2D eigenvalue weighted by Crippen LogP contribution is 2.32. The first-order chi connectivity index (χ1) is 14.0. The van der Waals surface area contributed by atoms with Crippen molar-refractivity contribution in [1.82, 2.24) is 19.6 Å². The van der Waals surface area contributed by atoms with E-state index >= 15 is 0 Å². The van der Waals surface area contributed by atoms with Gasteiger partial charge in [-0.3, -0.25) is 9.20 Å². The quantitative estimate of drug-likeness (QED) is 0.709. The van der Waals surface area contributed by atoms with Gasteiger partial charge in [-0.2, -0.15) is 0 Å². The van der Waals surface area contributed by atoms with Crippen LogP contribution >= 0.6 is 0 Å². The maximum atomic E-state index is 14.2. The summed E-state index contributed by atoms with van der Waals surface area (Å²) < 4.78 is 16.1. The molecule has 0 aliphatic carbocycles. The summed E-state index contributed by atoms with van der Waals surface area (Å²) in [6.07, 6.45) is 4.65. The highest BCUT2D eigenvalue weighted by Gasteiger charge is 2.24. The van der Waals surface area contributed by atoms with Crippen LogP contribution < -0.4 is 5.32 Å². The Balaban J connectivity index is 1.90. The number of nitrogens with zero attached hydrogens (tertiary/aromatic N) is 3. The number of rotatable bonds is 5. The van der Waals surface area contributed by atoms with Gasteiger partial charge in [0.25, 0.3) is 5.91 Å². The molecule has 1 aliphatic rings. The Morgan fingerprint density at radius 3 is 2.86 bits per heavy atom. The number of hydrogen-bond acceptors (Lipinski definition) is 3. The summed E-state index contributed by atoms with van der Waals surface area (Å²) in [5.74, 6) is -0.135. The fourth-order valence-electron chi connectivity index (χ4n) is 4.25. The number of nitrogens with one attached hydrogen (secondary N) is 1. The van der Waals surface area contributed by atoms with Crippen LogP contribution in [0.2, 0.25) is 0 Å². The first-order valence-corrected chi connectivity index (χ1v) is 10.3. The van der Waals surface area contributed by atoms with Crippen molar-refractivity contribution in [1.29, 1.82) is 0 Å². The van der Waals surface area contributed by atoms with Gasteiger partial charge in [0.05, 0.1) is 29.3 Å². The molecule has 3 aromatic rings. The molecule has 1 atom stereocenters. The predicted octanol–water partition coefficient (Wildman–Crippen LogP) is 4.09. The molecule has 1 amide bonds. The van der Waals surface area contributed by atoms with Crippen LogP contribution in [0.3, 0.4) is 0 Å². The third-order valence-electron chi connectivity index (χ3n) is 5.79. The Kier molecular flexibility index (Phi) is 5.37. The van der Waals surface area contributed by atoms with Gasteiger partial charge in [0.15, 0.2) is 0 Å². The number of carbonyl (C=O) groups excluding carboxylic acids is 1. The molecule has 2 aromatic heterocycles. The Morgan fingerprint density at radius 1 is 1.34 bits per heavy atom. The van der Waals surface area contributed by atoms with Crippen LogP contribution in [0.15, 0.2) is 42.9 Å². The molecule has 1 unspecified atom stereocenters. The molecule has 1 N–H and O–H groups in total. The van der Waals surface area contributed by atoms with E-state index in [2.05, 4.69) is 22.4 Å². The molecule has 1 saturated heterocycles. The van der Waals surface area contributed by atoms with Crippen LogP contribution in [-0.2, 0) is 0 Å². The summed E-state index contributed by atoms with van der Waals surface area (Å²) in [4.78, 5) is 19.4. The van der Waals surface area contributed by atoms with Gasteiger partial charge in [0.2, 0.25) is 0 Å². The SMILES string of the molecule is CCN(C(=O)c1cc(F)ccc1-c1cc(C2CCNC2)cc2cncn12)C(C)C. The zero-order valence-corrected chi connectivity index (χ0v) is 17.2. The Hall–Kier alpha value is -2.73. The van der Waals surface area contributed by atoms with Crippen molar-refractivity contribution in [2.45, 2.75) is 39.2 Å². The zero-order valence-electron chi connectivity index (χ0n) is 17.2. The molecule has 0 radical (unpaired) electrons. The lowest BCUT2D eigenvalue weighted by atomic mass is 9.95. The number of aromatic nitrogens is 2. The number of benzene rings is 1. The summed E-state index contributed by atoms with van der Waals surface area (Å²) in [5.41, 5.74) is 4.17. The summed E-state index contributed by atoms with van der Waals surface area (Å²) >= 11 is 0. The van der Waals surface area contributed by atoms with Crippen LogP contribution in [0.1, 0.15) is 49.0 Å². The van der Waals surface area contributed by atoms with Crippen LogP contribution in [0.5, 0.6) is 0 Å². The number of amides is 1. The largest absolute Gasteiger partial charge is 0.336 e. The highest BCUT2D eigenvalue weighted by atomic mass is 19.1. The molecule has 1 fully saturated rings. The summed E-state index contributed by atoms with van der Waals surface area (Å²) in [6.45, 7) is 8.41. The first kappa shape index (κ1) is 19.6. The van der Waals surface area contributed by atoms with Crippen molar-refractivity contribution >= 4 is 11.4 Å². The summed E-state index contributed by atoms with van der Waals surface area (Å²) in [7, 11) is 0. The Morgan fingerprint density at radius 2 is 2.17 bits per heavy atom. The van der Waals surface area contributed by atoms with Gasteiger partial charge in [-0.25, -0.2) is 9.37 Å². The van der Waals surface area contributed by atoms with Gasteiger partial charge in [0, 0.05) is 24.7 Å². The van der Waals surface area contributed by atoms with E-state index in [1.807, 2.05) is 31.4 Å². The molecule has 4 rings (SSSR count). The average molecular weight is 394 g/mol. The normalized spacial score (nSPS) is 16.7. The van der Waals surface area contributed by atoms with E-state index < -0.39 is 5.82 Å². The molecular weight excluding hydrogens is 367 g/mol. The van der Waals surface area contributed by atoms with Gasteiger partial charge < -0.3 is 10.2 Å². The van der Waals surface area contributed by atoms with E-state index in [1.165, 1.54) is 17.7 Å². The van der Waals surface area contributed by atoms with E-state index in [4.69, 9.17) is 0 Å². The van der Waals surface area contributed by atoms with E-state index in [1.54, 1.807) is 17.3 Å². The van der Waals surface area contributed by atoms with Crippen molar-refractivity contribution < 1.29 is 9.18 Å². The van der Waals surface area contributed by atoms with E-state index in [9.17, 15) is 9.18 Å². The van der Waals surface area contributed by atoms with Crippen LogP contribution in [0.25, 0.3) is 16.8 Å². The Labute approximate surface area is 170 Å². The molecule has 0 bridgehead atoms.